The van der Waals surface area contributed by atoms with Crippen molar-refractivity contribution in [3.63, 3.8) is 0 Å². The molecular weight excluding hydrogens is 338 g/mol. The lowest BCUT2D eigenvalue weighted by molar-refractivity contribution is -0.148. The molecule has 4 heteroatoms. The van der Waals surface area contributed by atoms with E-state index in [-0.39, 0.29) is 17.5 Å². The van der Waals surface area contributed by atoms with E-state index in [2.05, 4.69) is 32.8 Å². The van der Waals surface area contributed by atoms with E-state index in [1.807, 2.05) is 6.92 Å². The van der Waals surface area contributed by atoms with Crippen molar-refractivity contribution in [1.29, 1.82) is 0 Å². The normalized spacial score (nSPS) is 34.8. The Morgan fingerprint density at radius 2 is 1.93 bits per heavy atom. The lowest BCUT2D eigenvalue weighted by Crippen LogP contribution is -2.56. The van der Waals surface area contributed by atoms with Crippen LogP contribution >= 0.6 is 0 Å². The van der Waals surface area contributed by atoms with Crippen LogP contribution in [0, 0.1) is 35.0 Å². The lowest BCUT2D eigenvalue weighted by atomic mass is 9.42. The summed E-state index contributed by atoms with van der Waals surface area (Å²) < 4.78 is 0. The highest BCUT2D eigenvalue weighted by molar-refractivity contribution is 6.22. The van der Waals surface area contributed by atoms with Crippen LogP contribution in [0.25, 0.3) is 0 Å². The Morgan fingerprint density at radius 1 is 1.26 bits per heavy atom. The van der Waals surface area contributed by atoms with Crippen LogP contribution in [0.3, 0.4) is 0 Å². The minimum Gasteiger partial charge on any atom is -0.294 e. The maximum atomic E-state index is 12.9. The molecule has 0 aromatic rings. The number of carbonyl (C=O) groups is 2. The second kappa shape index (κ2) is 7.90. The highest BCUT2D eigenvalue weighted by Gasteiger charge is 2.57. The van der Waals surface area contributed by atoms with Gasteiger partial charge in [-0.2, -0.15) is 0 Å². The van der Waals surface area contributed by atoms with Crippen LogP contribution in [0.2, 0.25) is 0 Å². The smallest absolute Gasteiger partial charge is 0.168 e. The van der Waals surface area contributed by atoms with Gasteiger partial charge >= 0.3 is 0 Å². The molecule has 4 atom stereocenters. The van der Waals surface area contributed by atoms with E-state index in [1.54, 1.807) is 6.08 Å². The van der Waals surface area contributed by atoms with Crippen LogP contribution in [0.5, 0.6) is 0 Å². The van der Waals surface area contributed by atoms with E-state index in [9.17, 15) is 9.59 Å². The molecule has 4 saturated carbocycles. The fraction of sp³-hybridized carbons (Fsp3) is 0.739. The Kier molecular flexibility index (Phi) is 5.95. The number of hydrogen-bond acceptors (Lipinski definition) is 4. The Balaban J connectivity index is 1.73. The van der Waals surface area contributed by atoms with Crippen LogP contribution in [-0.2, 0) is 14.4 Å². The standard InChI is InChI=1S/C23H35NO3/c1-6-8-19(24-27-9-7-2)22-20(25)10-15(11-21(22)26)17-12-16-13-18(14(17)3)23(16,4)5/h7,14-18,24H,2,6,8-13H2,1,3-5H3. The van der Waals surface area contributed by atoms with Crippen LogP contribution in [0.15, 0.2) is 23.9 Å². The summed E-state index contributed by atoms with van der Waals surface area (Å²) in [5, 5.41) is 0. The Bertz CT molecular complexity index is 628. The van der Waals surface area contributed by atoms with E-state index in [0.29, 0.717) is 54.4 Å². The number of allylic oxidation sites excluding steroid dienone is 2. The van der Waals surface area contributed by atoms with Gasteiger partial charge in [-0.1, -0.05) is 40.2 Å². The Hall–Kier alpha value is -1.42. The molecule has 4 nitrogen and oxygen atoms in total. The van der Waals surface area contributed by atoms with Gasteiger partial charge in [-0.05, 0) is 54.3 Å². The van der Waals surface area contributed by atoms with Gasteiger partial charge in [0.15, 0.2) is 11.6 Å². The Labute approximate surface area is 163 Å². The van der Waals surface area contributed by atoms with E-state index < -0.39 is 0 Å². The van der Waals surface area contributed by atoms with Gasteiger partial charge < -0.3 is 0 Å². The van der Waals surface area contributed by atoms with Crippen molar-refractivity contribution in [2.24, 2.45) is 35.0 Å². The molecule has 27 heavy (non-hydrogen) atoms. The molecule has 4 rings (SSSR count). The second-order valence-electron chi connectivity index (χ2n) is 9.44. The summed E-state index contributed by atoms with van der Waals surface area (Å²) in [6.45, 7) is 13.1. The van der Waals surface area contributed by atoms with E-state index >= 15 is 0 Å². The first kappa shape index (κ1) is 20.3. The maximum absolute atomic E-state index is 12.9. The van der Waals surface area contributed by atoms with Gasteiger partial charge in [-0.25, -0.2) is 0 Å². The number of ketones is 2. The average molecular weight is 374 g/mol. The summed E-state index contributed by atoms with van der Waals surface area (Å²) in [6.07, 6.45) is 6.66. The maximum Gasteiger partial charge on any atom is 0.168 e. The predicted molar refractivity (Wildman–Crippen MR) is 107 cm³/mol. The van der Waals surface area contributed by atoms with Gasteiger partial charge in [0, 0.05) is 12.8 Å². The molecule has 0 aromatic carbocycles. The molecule has 0 saturated heterocycles. The van der Waals surface area contributed by atoms with Crippen LogP contribution in [0.1, 0.15) is 66.2 Å². The average Bonchev–Trinajstić information content (AvgIpc) is 2.60. The third kappa shape index (κ3) is 3.65. The Morgan fingerprint density at radius 3 is 2.44 bits per heavy atom. The van der Waals surface area contributed by atoms with Gasteiger partial charge in [-0.15, -0.1) is 6.58 Å². The number of hydroxylamine groups is 1. The number of hydrogen-bond donors (Lipinski definition) is 1. The molecule has 0 aliphatic heterocycles. The highest BCUT2D eigenvalue weighted by atomic mass is 16.6. The summed E-state index contributed by atoms with van der Waals surface area (Å²) in [5.41, 5.74) is 4.28. The second-order valence-corrected chi connectivity index (χ2v) is 9.44. The molecule has 150 valence electrons. The zero-order valence-corrected chi connectivity index (χ0v) is 17.3. The molecule has 0 heterocycles. The molecule has 1 N–H and O–H groups in total. The number of carbonyl (C=O) groups excluding carboxylic acids is 2. The van der Waals surface area contributed by atoms with Crippen LogP contribution in [0.4, 0.5) is 0 Å². The first-order valence-corrected chi connectivity index (χ1v) is 10.6. The van der Waals surface area contributed by atoms with Gasteiger partial charge in [0.25, 0.3) is 0 Å². The zero-order chi connectivity index (χ0) is 19.8. The summed E-state index contributed by atoms with van der Waals surface area (Å²) in [6, 6.07) is 0. The van der Waals surface area contributed by atoms with Gasteiger partial charge in [0.2, 0.25) is 0 Å². The molecular formula is C23H35NO3. The van der Waals surface area contributed by atoms with E-state index in [4.69, 9.17) is 4.84 Å². The minimum atomic E-state index is 0.000102. The third-order valence-corrected chi connectivity index (χ3v) is 7.67. The van der Waals surface area contributed by atoms with Gasteiger partial charge in [-0.3, -0.25) is 19.9 Å². The summed E-state index contributed by atoms with van der Waals surface area (Å²) in [7, 11) is 0. The van der Waals surface area contributed by atoms with Crippen molar-refractivity contribution in [1.82, 2.24) is 5.48 Å². The quantitative estimate of drug-likeness (QED) is 0.233. The highest BCUT2D eigenvalue weighted by Crippen LogP contribution is 2.64. The molecule has 0 spiro atoms. The van der Waals surface area contributed by atoms with Gasteiger partial charge in [0.1, 0.15) is 0 Å². The summed E-state index contributed by atoms with van der Waals surface area (Å²) in [5.74, 6) is 2.83. The minimum absolute atomic E-state index is 0.000102. The predicted octanol–water partition coefficient (Wildman–Crippen LogP) is 4.61. The molecule has 0 aromatic heterocycles. The molecule has 4 aliphatic rings. The zero-order valence-electron chi connectivity index (χ0n) is 17.3. The lowest BCUT2D eigenvalue weighted by Gasteiger charge is -2.63. The van der Waals surface area contributed by atoms with Crippen LogP contribution < -0.4 is 5.48 Å². The number of fused-ring (bicyclic) bond motifs is 2. The molecule has 0 amide bonds. The van der Waals surface area contributed by atoms with E-state index in [1.165, 1.54) is 12.8 Å². The number of Topliss-reactive ketones (excluding diaryl/α,β-unsaturated/α-hetero) is 2. The van der Waals surface area contributed by atoms with Crippen molar-refractivity contribution >= 4 is 11.6 Å². The third-order valence-electron chi connectivity index (χ3n) is 7.67. The fourth-order valence-electron chi connectivity index (χ4n) is 6.02. The van der Waals surface area contributed by atoms with Crippen molar-refractivity contribution in [3.05, 3.63) is 23.9 Å². The fourth-order valence-corrected chi connectivity index (χ4v) is 6.02. The molecule has 0 radical (unpaired) electrons. The first-order chi connectivity index (χ1) is 12.8. The van der Waals surface area contributed by atoms with Crippen LogP contribution in [-0.4, -0.2) is 18.2 Å². The van der Waals surface area contributed by atoms with Crippen molar-refractivity contribution in [2.75, 3.05) is 6.61 Å². The number of nitrogens with one attached hydrogen (secondary N) is 1. The molecule has 4 aliphatic carbocycles. The molecule has 4 fully saturated rings. The summed E-state index contributed by atoms with van der Waals surface area (Å²) in [4.78, 5) is 31.2. The molecule has 2 bridgehead atoms. The monoisotopic (exact) mass is 373 g/mol. The van der Waals surface area contributed by atoms with Gasteiger partial charge in [0.05, 0.1) is 17.9 Å². The molecule has 4 unspecified atom stereocenters. The van der Waals surface area contributed by atoms with Crippen molar-refractivity contribution < 1.29 is 14.4 Å². The largest absolute Gasteiger partial charge is 0.294 e. The first-order valence-electron chi connectivity index (χ1n) is 10.6. The summed E-state index contributed by atoms with van der Waals surface area (Å²) >= 11 is 0. The van der Waals surface area contributed by atoms with Crippen molar-refractivity contribution in [3.8, 4) is 0 Å². The SMILES string of the molecule is C=CCONC(CCC)=C1C(=O)CC(C2CC3CC(C2C)C3(C)C)CC1=O. The van der Waals surface area contributed by atoms with E-state index in [0.717, 1.165) is 18.3 Å². The number of rotatable bonds is 7. The topological polar surface area (TPSA) is 55.4 Å². The van der Waals surface area contributed by atoms with Crippen molar-refractivity contribution in [2.45, 2.75) is 66.2 Å².